The molecular weight excluding hydrogens is 326 g/mol. The Bertz CT molecular complexity index is 386. The highest BCUT2D eigenvalue weighted by Gasteiger charge is 2.16. The van der Waals surface area contributed by atoms with Crippen molar-refractivity contribution in [1.29, 1.82) is 0 Å². The minimum Gasteiger partial charge on any atom is -0.385 e. The Balaban J connectivity index is 0. The Morgan fingerprint density at radius 2 is 1.60 bits per heavy atom. The lowest BCUT2D eigenvalue weighted by atomic mass is 10.0. The molecule has 0 rings (SSSR count). The van der Waals surface area contributed by atoms with E-state index in [0.717, 1.165) is 6.42 Å². The number of amides is 1. The molecule has 0 heterocycles. The van der Waals surface area contributed by atoms with E-state index in [1.807, 2.05) is 20.8 Å². The molecule has 0 aromatic rings. The Labute approximate surface area is 152 Å². The van der Waals surface area contributed by atoms with Gasteiger partial charge in [-0.2, -0.15) is 0 Å². The third kappa shape index (κ3) is 12.7. The van der Waals surface area contributed by atoms with Crippen LogP contribution in [-0.2, 0) is 28.6 Å². The van der Waals surface area contributed by atoms with Crippen molar-refractivity contribution in [2.24, 2.45) is 5.92 Å². The largest absolute Gasteiger partial charge is 0.385 e. The van der Waals surface area contributed by atoms with Crippen LogP contribution in [0.5, 0.6) is 0 Å². The molecule has 0 bridgehead atoms. The second-order valence-electron chi connectivity index (χ2n) is 5.78. The van der Waals surface area contributed by atoms with Crippen molar-refractivity contribution < 1.29 is 28.6 Å². The van der Waals surface area contributed by atoms with Gasteiger partial charge < -0.3 is 19.1 Å². The van der Waals surface area contributed by atoms with Crippen LogP contribution in [0.2, 0.25) is 0 Å². The summed E-state index contributed by atoms with van der Waals surface area (Å²) < 4.78 is 14.5. The number of methoxy groups -OCH3 is 3. The van der Waals surface area contributed by atoms with Crippen molar-refractivity contribution in [3.05, 3.63) is 0 Å². The Morgan fingerprint density at radius 1 is 1.00 bits per heavy atom. The molecule has 0 aliphatic heterocycles. The van der Waals surface area contributed by atoms with Crippen LogP contribution in [0.4, 0.5) is 0 Å². The summed E-state index contributed by atoms with van der Waals surface area (Å²) in [5, 5.41) is 0. The second-order valence-corrected chi connectivity index (χ2v) is 5.78. The highest BCUT2D eigenvalue weighted by atomic mass is 16.5. The standard InChI is InChI=1S/C10H19NO3.C8H16O3/c1-5-8(2)9(12)6-11(3)10(13)7-14-4;1-4-7(9)8(11-3)5-6-10-2/h8H,5-7H2,1-4H3;8H,4-6H2,1-3H3. The van der Waals surface area contributed by atoms with Crippen molar-refractivity contribution in [1.82, 2.24) is 4.90 Å². The van der Waals surface area contributed by atoms with Gasteiger partial charge in [0.2, 0.25) is 5.91 Å². The molecule has 0 saturated carbocycles. The van der Waals surface area contributed by atoms with Gasteiger partial charge in [0.25, 0.3) is 0 Å². The summed E-state index contributed by atoms with van der Waals surface area (Å²) in [6.07, 6.45) is 1.72. The van der Waals surface area contributed by atoms with Crippen LogP contribution in [0.25, 0.3) is 0 Å². The third-order valence-electron chi connectivity index (χ3n) is 3.82. The molecule has 0 aliphatic rings. The summed E-state index contributed by atoms with van der Waals surface area (Å²) in [6.45, 7) is 6.45. The number of nitrogens with zero attached hydrogens (tertiary/aromatic N) is 1. The lowest BCUT2D eigenvalue weighted by molar-refractivity contribution is -0.138. The van der Waals surface area contributed by atoms with E-state index < -0.39 is 0 Å². The molecular formula is C18H35NO6. The van der Waals surface area contributed by atoms with Crippen molar-refractivity contribution in [3.63, 3.8) is 0 Å². The number of likely N-dealkylation sites (N-methyl/N-ethyl adjacent to an activating group) is 1. The van der Waals surface area contributed by atoms with Crippen molar-refractivity contribution >= 4 is 17.5 Å². The second kappa shape index (κ2) is 16.2. The molecule has 148 valence electrons. The molecule has 0 spiro atoms. The van der Waals surface area contributed by atoms with E-state index >= 15 is 0 Å². The van der Waals surface area contributed by atoms with Crippen LogP contribution < -0.4 is 0 Å². The number of rotatable bonds is 12. The molecule has 7 nitrogen and oxygen atoms in total. The summed E-state index contributed by atoms with van der Waals surface area (Å²) in [5.41, 5.74) is 0. The van der Waals surface area contributed by atoms with Crippen LogP contribution in [0, 0.1) is 5.92 Å². The Morgan fingerprint density at radius 3 is 2.00 bits per heavy atom. The van der Waals surface area contributed by atoms with Crippen LogP contribution in [-0.4, -0.2) is 76.6 Å². The smallest absolute Gasteiger partial charge is 0.248 e. The van der Waals surface area contributed by atoms with Crippen LogP contribution in [0.15, 0.2) is 0 Å². The number of carbonyl (C=O) groups excluding carboxylic acids is 3. The monoisotopic (exact) mass is 361 g/mol. The summed E-state index contributed by atoms with van der Waals surface area (Å²) >= 11 is 0. The van der Waals surface area contributed by atoms with Crippen molar-refractivity contribution in [2.75, 3.05) is 48.1 Å². The SMILES string of the molecule is CCC(=O)C(CCOC)OC.CCC(C)C(=O)CN(C)C(=O)COC. The van der Waals surface area contributed by atoms with Gasteiger partial charge in [-0.1, -0.05) is 20.8 Å². The molecule has 7 heteroatoms. The van der Waals surface area contributed by atoms with Crippen molar-refractivity contribution in [3.8, 4) is 0 Å². The van der Waals surface area contributed by atoms with E-state index in [1.165, 1.54) is 12.0 Å². The number of Topliss-reactive ketones (excluding diaryl/α,β-unsaturated/α-hetero) is 2. The zero-order valence-corrected chi connectivity index (χ0v) is 16.8. The van der Waals surface area contributed by atoms with Gasteiger partial charge in [-0.3, -0.25) is 14.4 Å². The van der Waals surface area contributed by atoms with E-state index in [1.54, 1.807) is 21.3 Å². The van der Waals surface area contributed by atoms with Gasteiger partial charge in [-0.05, 0) is 6.42 Å². The zero-order chi connectivity index (χ0) is 19.8. The van der Waals surface area contributed by atoms with E-state index in [9.17, 15) is 14.4 Å². The van der Waals surface area contributed by atoms with Gasteiger partial charge in [0.15, 0.2) is 11.6 Å². The molecule has 0 aliphatic carbocycles. The first-order valence-electron chi connectivity index (χ1n) is 8.58. The minimum absolute atomic E-state index is 0.0211. The normalized spacial score (nSPS) is 12.6. The molecule has 0 fully saturated rings. The topological polar surface area (TPSA) is 82.1 Å². The summed E-state index contributed by atoms with van der Waals surface area (Å²) in [4.78, 5) is 35.2. The lowest BCUT2D eigenvalue weighted by Gasteiger charge is -2.17. The minimum atomic E-state index is -0.278. The molecule has 0 saturated heterocycles. The van der Waals surface area contributed by atoms with Gasteiger partial charge in [-0.15, -0.1) is 0 Å². The zero-order valence-electron chi connectivity index (χ0n) is 16.8. The fourth-order valence-electron chi connectivity index (χ4n) is 1.80. The molecule has 1 amide bonds. The highest BCUT2D eigenvalue weighted by molar-refractivity contribution is 5.87. The number of hydrogen-bond donors (Lipinski definition) is 0. The van der Waals surface area contributed by atoms with Crippen LogP contribution >= 0.6 is 0 Å². The molecule has 0 N–H and O–H groups in total. The van der Waals surface area contributed by atoms with E-state index in [2.05, 4.69) is 0 Å². The fourth-order valence-corrected chi connectivity index (χ4v) is 1.80. The molecule has 2 unspecified atom stereocenters. The van der Waals surface area contributed by atoms with Crippen LogP contribution in [0.3, 0.4) is 0 Å². The van der Waals surface area contributed by atoms with E-state index in [0.29, 0.717) is 19.4 Å². The first-order chi connectivity index (χ1) is 11.8. The fraction of sp³-hybridized carbons (Fsp3) is 0.833. The molecule has 0 aromatic carbocycles. The van der Waals surface area contributed by atoms with E-state index in [4.69, 9.17) is 14.2 Å². The summed E-state index contributed by atoms with van der Waals surface area (Å²) in [5.74, 6) is 0.0981. The summed E-state index contributed by atoms with van der Waals surface area (Å²) in [7, 11) is 6.24. The maximum atomic E-state index is 11.5. The van der Waals surface area contributed by atoms with E-state index in [-0.39, 0.29) is 42.6 Å². The average Bonchev–Trinajstić information content (AvgIpc) is 2.61. The predicted octanol–water partition coefficient (Wildman–Crippen LogP) is 1.72. The molecule has 25 heavy (non-hydrogen) atoms. The Kier molecular flexibility index (Phi) is 16.8. The Hall–Kier alpha value is -1.31. The maximum Gasteiger partial charge on any atom is 0.248 e. The number of hydrogen-bond acceptors (Lipinski definition) is 6. The molecule has 0 aromatic heterocycles. The van der Waals surface area contributed by atoms with Crippen LogP contribution in [0.1, 0.15) is 40.0 Å². The number of ether oxygens (including phenoxy) is 3. The van der Waals surface area contributed by atoms with Crippen molar-refractivity contribution in [2.45, 2.75) is 46.1 Å². The average molecular weight is 361 g/mol. The number of carbonyl (C=O) groups is 3. The highest BCUT2D eigenvalue weighted by Crippen LogP contribution is 2.03. The first kappa shape index (κ1) is 25.9. The van der Waals surface area contributed by atoms with Gasteiger partial charge in [0.1, 0.15) is 12.7 Å². The molecule has 2 atom stereocenters. The first-order valence-corrected chi connectivity index (χ1v) is 8.58. The van der Waals surface area contributed by atoms with Gasteiger partial charge in [0, 0.05) is 53.7 Å². The summed E-state index contributed by atoms with van der Waals surface area (Å²) in [6, 6.07) is 0. The quantitative estimate of drug-likeness (QED) is 0.526. The maximum absolute atomic E-state index is 11.5. The lowest BCUT2D eigenvalue weighted by Crippen LogP contribution is -2.36. The van der Waals surface area contributed by atoms with Gasteiger partial charge in [0.05, 0.1) is 6.54 Å². The number of ketones is 2. The predicted molar refractivity (Wildman–Crippen MR) is 96.6 cm³/mol. The van der Waals surface area contributed by atoms with Gasteiger partial charge >= 0.3 is 0 Å². The third-order valence-corrected chi connectivity index (χ3v) is 3.82. The van der Waals surface area contributed by atoms with Gasteiger partial charge in [-0.25, -0.2) is 0 Å². The molecule has 0 radical (unpaired) electrons.